The number of likely N-dealkylation sites (N-methyl/N-ethyl adjacent to an activating group) is 1. The molecule has 0 bridgehead atoms. The van der Waals surface area contributed by atoms with E-state index in [1.807, 2.05) is 50.2 Å². The molecule has 122 valence electrons. The topological polar surface area (TPSA) is 52.7 Å². The number of carbonyl (C=O) groups excluding carboxylic acids is 2. The first-order chi connectivity index (χ1) is 10.3. The minimum absolute atomic E-state index is 0.0343. The zero-order chi connectivity index (χ0) is 16.7. The van der Waals surface area contributed by atoms with Gasteiger partial charge in [-0.05, 0) is 33.0 Å². The third-order valence-corrected chi connectivity index (χ3v) is 3.49. The Morgan fingerprint density at radius 1 is 1.18 bits per heavy atom. The Hall–Kier alpha value is -1.88. The Bertz CT molecular complexity index is 512. The van der Waals surface area contributed by atoms with Crippen molar-refractivity contribution in [1.82, 2.24) is 15.1 Å². The zero-order valence-corrected chi connectivity index (χ0v) is 14.2. The molecule has 5 heteroatoms. The van der Waals surface area contributed by atoms with Crippen molar-refractivity contribution in [3.63, 3.8) is 0 Å². The fraction of sp³-hybridized carbons (Fsp3) is 0.529. The minimum atomic E-state index is -0.315. The largest absolute Gasteiger partial charge is 0.354 e. The average Bonchev–Trinajstić information content (AvgIpc) is 2.43. The number of benzene rings is 1. The van der Waals surface area contributed by atoms with Crippen LogP contribution in [0.25, 0.3) is 0 Å². The number of hydrogen-bond acceptors (Lipinski definition) is 3. The van der Waals surface area contributed by atoms with Gasteiger partial charge in [0, 0.05) is 27.1 Å². The van der Waals surface area contributed by atoms with Gasteiger partial charge in [0.15, 0.2) is 0 Å². The van der Waals surface area contributed by atoms with Crippen LogP contribution >= 0.6 is 0 Å². The van der Waals surface area contributed by atoms with Gasteiger partial charge in [-0.2, -0.15) is 0 Å². The molecule has 0 fully saturated rings. The van der Waals surface area contributed by atoms with E-state index in [4.69, 9.17) is 0 Å². The number of amides is 2. The second kappa shape index (κ2) is 8.54. The molecule has 0 aliphatic heterocycles. The molecule has 1 N–H and O–H groups in total. The van der Waals surface area contributed by atoms with Crippen LogP contribution in [0.3, 0.4) is 0 Å². The van der Waals surface area contributed by atoms with Crippen molar-refractivity contribution in [2.45, 2.75) is 25.8 Å². The highest BCUT2D eigenvalue weighted by molar-refractivity contribution is 5.83. The molecule has 0 aliphatic carbocycles. The zero-order valence-electron chi connectivity index (χ0n) is 14.2. The Labute approximate surface area is 133 Å². The fourth-order valence-corrected chi connectivity index (χ4v) is 2.30. The normalized spacial score (nSPS) is 12.1. The number of nitrogens with zero attached hydrogens (tertiary/aromatic N) is 2. The lowest BCUT2D eigenvalue weighted by atomic mass is 10.0. The van der Waals surface area contributed by atoms with Crippen LogP contribution in [0.4, 0.5) is 0 Å². The molecule has 1 rings (SSSR count). The van der Waals surface area contributed by atoms with Gasteiger partial charge < -0.3 is 10.2 Å². The molecule has 0 aromatic heterocycles. The van der Waals surface area contributed by atoms with Gasteiger partial charge in [0.1, 0.15) is 6.04 Å². The van der Waals surface area contributed by atoms with Crippen LogP contribution in [0.5, 0.6) is 0 Å². The lowest BCUT2D eigenvalue weighted by molar-refractivity contribution is -0.129. The first-order valence-corrected chi connectivity index (χ1v) is 7.53. The molecule has 2 amide bonds. The molecule has 1 aromatic carbocycles. The molecule has 0 heterocycles. The smallest absolute Gasteiger partial charge is 0.241 e. The summed E-state index contributed by atoms with van der Waals surface area (Å²) in [6.07, 6.45) is 1.10. The summed E-state index contributed by atoms with van der Waals surface area (Å²) in [5, 5.41) is 2.92. The SMILES string of the molecule is Cc1cccc([C@@H](C(=O)NCCCC(=O)N(C)C)N(C)C)c1. The molecule has 0 saturated carbocycles. The van der Waals surface area contributed by atoms with Crippen molar-refractivity contribution in [2.24, 2.45) is 0 Å². The van der Waals surface area contributed by atoms with E-state index in [0.29, 0.717) is 19.4 Å². The van der Waals surface area contributed by atoms with E-state index in [2.05, 4.69) is 5.32 Å². The molecule has 0 unspecified atom stereocenters. The highest BCUT2D eigenvalue weighted by atomic mass is 16.2. The number of nitrogens with one attached hydrogen (secondary N) is 1. The standard InChI is InChI=1S/C17H27N3O2/c1-13-8-6-9-14(12-13)16(20(4)5)17(22)18-11-7-10-15(21)19(2)3/h6,8-9,12,16H,7,10-11H2,1-5H3,(H,18,22)/t16-/m0/s1. The Morgan fingerprint density at radius 2 is 1.86 bits per heavy atom. The maximum absolute atomic E-state index is 12.4. The summed E-state index contributed by atoms with van der Waals surface area (Å²) in [4.78, 5) is 27.4. The van der Waals surface area contributed by atoms with Crippen molar-refractivity contribution in [3.05, 3.63) is 35.4 Å². The van der Waals surface area contributed by atoms with Crippen molar-refractivity contribution < 1.29 is 9.59 Å². The Morgan fingerprint density at radius 3 is 2.41 bits per heavy atom. The van der Waals surface area contributed by atoms with Crippen molar-refractivity contribution in [2.75, 3.05) is 34.7 Å². The first kappa shape index (κ1) is 18.2. The van der Waals surface area contributed by atoms with E-state index >= 15 is 0 Å². The van der Waals surface area contributed by atoms with Crippen LogP contribution in [0.15, 0.2) is 24.3 Å². The van der Waals surface area contributed by atoms with Crippen molar-refractivity contribution in [1.29, 1.82) is 0 Å². The number of carbonyl (C=O) groups is 2. The summed E-state index contributed by atoms with van der Waals surface area (Å²) in [5.74, 6) is 0.0463. The maximum atomic E-state index is 12.4. The van der Waals surface area contributed by atoms with Crippen LogP contribution in [-0.4, -0.2) is 56.3 Å². The highest BCUT2D eigenvalue weighted by Gasteiger charge is 2.22. The van der Waals surface area contributed by atoms with Gasteiger partial charge in [0.2, 0.25) is 11.8 Å². The van der Waals surface area contributed by atoms with Crippen LogP contribution < -0.4 is 5.32 Å². The molecule has 0 saturated heterocycles. The van der Waals surface area contributed by atoms with Gasteiger partial charge in [-0.3, -0.25) is 14.5 Å². The van der Waals surface area contributed by atoms with E-state index in [-0.39, 0.29) is 17.9 Å². The third-order valence-electron chi connectivity index (χ3n) is 3.49. The summed E-state index contributed by atoms with van der Waals surface area (Å²) < 4.78 is 0. The molecule has 0 aliphatic rings. The van der Waals surface area contributed by atoms with Crippen LogP contribution in [0.1, 0.15) is 30.0 Å². The Kier molecular flexibility index (Phi) is 7.05. The van der Waals surface area contributed by atoms with Crippen molar-refractivity contribution >= 4 is 11.8 Å². The van der Waals surface area contributed by atoms with Gasteiger partial charge in [-0.25, -0.2) is 0 Å². The summed E-state index contributed by atoms with van der Waals surface area (Å²) in [5.41, 5.74) is 2.11. The van der Waals surface area contributed by atoms with Crippen LogP contribution in [0.2, 0.25) is 0 Å². The van der Waals surface area contributed by atoms with Gasteiger partial charge >= 0.3 is 0 Å². The predicted octanol–water partition coefficient (Wildman–Crippen LogP) is 1.58. The average molecular weight is 305 g/mol. The van der Waals surface area contributed by atoms with Gasteiger partial charge in [-0.15, -0.1) is 0 Å². The molecular formula is C17H27N3O2. The number of rotatable bonds is 7. The van der Waals surface area contributed by atoms with Crippen molar-refractivity contribution in [3.8, 4) is 0 Å². The predicted molar refractivity (Wildman–Crippen MR) is 88.5 cm³/mol. The number of hydrogen-bond donors (Lipinski definition) is 1. The summed E-state index contributed by atoms with van der Waals surface area (Å²) in [6.45, 7) is 2.52. The number of aryl methyl sites for hydroxylation is 1. The first-order valence-electron chi connectivity index (χ1n) is 7.53. The Balaban J connectivity index is 2.58. The van der Waals surface area contributed by atoms with Crippen LogP contribution in [0, 0.1) is 6.92 Å². The van der Waals surface area contributed by atoms with E-state index in [1.165, 1.54) is 0 Å². The monoisotopic (exact) mass is 305 g/mol. The fourth-order valence-electron chi connectivity index (χ4n) is 2.30. The molecule has 22 heavy (non-hydrogen) atoms. The molecular weight excluding hydrogens is 278 g/mol. The van der Waals surface area contributed by atoms with Gasteiger partial charge in [-0.1, -0.05) is 29.8 Å². The summed E-state index contributed by atoms with van der Waals surface area (Å²) in [7, 11) is 7.26. The van der Waals surface area contributed by atoms with E-state index in [9.17, 15) is 9.59 Å². The maximum Gasteiger partial charge on any atom is 0.241 e. The highest BCUT2D eigenvalue weighted by Crippen LogP contribution is 2.19. The molecule has 1 aromatic rings. The molecule has 5 nitrogen and oxygen atoms in total. The lowest BCUT2D eigenvalue weighted by Gasteiger charge is -2.24. The van der Waals surface area contributed by atoms with Gasteiger partial charge in [0.05, 0.1) is 0 Å². The summed E-state index contributed by atoms with van der Waals surface area (Å²) in [6, 6.07) is 7.65. The second-order valence-corrected chi connectivity index (χ2v) is 5.96. The van der Waals surface area contributed by atoms with Crippen LogP contribution in [-0.2, 0) is 9.59 Å². The van der Waals surface area contributed by atoms with Gasteiger partial charge in [0.25, 0.3) is 0 Å². The molecule has 0 spiro atoms. The third kappa shape index (κ3) is 5.48. The summed E-state index contributed by atoms with van der Waals surface area (Å²) >= 11 is 0. The molecule has 1 atom stereocenters. The van der Waals surface area contributed by atoms with E-state index < -0.39 is 0 Å². The quantitative estimate of drug-likeness (QED) is 0.778. The second-order valence-electron chi connectivity index (χ2n) is 5.96. The van der Waals surface area contributed by atoms with E-state index in [1.54, 1.807) is 19.0 Å². The molecule has 0 radical (unpaired) electrons. The minimum Gasteiger partial charge on any atom is -0.354 e. The lowest BCUT2D eigenvalue weighted by Crippen LogP contribution is -2.37. The van der Waals surface area contributed by atoms with E-state index in [0.717, 1.165) is 11.1 Å².